The molecule has 2 rings (SSSR count). The van der Waals surface area contributed by atoms with Crippen molar-refractivity contribution in [2.24, 2.45) is 0 Å². The first-order valence-corrected chi connectivity index (χ1v) is 6.82. The molecule has 1 heterocycles. The van der Waals surface area contributed by atoms with Crippen molar-refractivity contribution < 1.29 is 14.6 Å². The number of para-hydroxylation sites is 1. The maximum atomic E-state index is 11.8. The number of nitrogens with one attached hydrogen (secondary N) is 1. The van der Waals surface area contributed by atoms with Crippen molar-refractivity contribution in [3.8, 4) is 0 Å². The molecule has 20 heavy (non-hydrogen) atoms. The van der Waals surface area contributed by atoms with E-state index in [0.29, 0.717) is 13.1 Å². The maximum Gasteiger partial charge on any atom is 0.410 e. The van der Waals surface area contributed by atoms with Crippen LogP contribution < -0.4 is 5.32 Å². The summed E-state index contributed by atoms with van der Waals surface area (Å²) in [7, 11) is 0. The number of rotatable bonds is 3. The Hall–Kier alpha value is -1.75. The normalized spacial score (nSPS) is 15.7. The summed E-state index contributed by atoms with van der Waals surface area (Å²) in [6, 6.07) is 7.83. The van der Waals surface area contributed by atoms with Crippen LogP contribution in [-0.4, -0.2) is 40.8 Å². The van der Waals surface area contributed by atoms with Gasteiger partial charge >= 0.3 is 6.09 Å². The highest BCUT2D eigenvalue weighted by Gasteiger charge is 2.33. The zero-order chi connectivity index (χ0) is 14.8. The molecule has 0 bridgehead atoms. The largest absolute Gasteiger partial charge is 0.444 e. The van der Waals surface area contributed by atoms with Gasteiger partial charge in [0.1, 0.15) is 5.60 Å². The Kier molecular flexibility index (Phi) is 4.18. The molecule has 1 aliphatic heterocycles. The summed E-state index contributed by atoms with van der Waals surface area (Å²) >= 11 is 0. The molecule has 1 amide bonds. The fourth-order valence-electron chi connectivity index (χ4n) is 2.06. The number of amides is 1. The fourth-order valence-corrected chi connectivity index (χ4v) is 2.06. The number of nitrogens with zero attached hydrogens (tertiary/aromatic N) is 1. The van der Waals surface area contributed by atoms with Gasteiger partial charge in [-0.15, -0.1) is 0 Å². The average molecular weight is 278 g/mol. The van der Waals surface area contributed by atoms with Gasteiger partial charge < -0.3 is 20.1 Å². The first-order valence-electron chi connectivity index (χ1n) is 6.82. The van der Waals surface area contributed by atoms with Gasteiger partial charge in [-0.1, -0.05) is 18.2 Å². The lowest BCUT2D eigenvalue weighted by Crippen LogP contribution is -2.58. The second-order valence-corrected chi connectivity index (χ2v) is 6.04. The second kappa shape index (κ2) is 5.71. The fraction of sp³-hybridized carbons (Fsp3) is 0.533. The Labute approximate surface area is 119 Å². The molecule has 1 aromatic carbocycles. The summed E-state index contributed by atoms with van der Waals surface area (Å²) in [5, 5.41) is 12.6. The molecule has 110 valence electrons. The van der Waals surface area contributed by atoms with Crippen LogP contribution in [0.3, 0.4) is 0 Å². The summed E-state index contributed by atoms with van der Waals surface area (Å²) in [5.74, 6) is 0. The average Bonchev–Trinajstić information content (AvgIpc) is 2.31. The van der Waals surface area contributed by atoms with E-state index in [0.717, 1.165) is 11.3 Å². The SMILES string of the molecule is CC(C)(C)OC(=O)N1CC(Nc2ccccc2CO)C1. The van der Waals surface area contributed by atoms with Crippen LogP contribution in [0.5, 0.6) is 0 Å². The minimum Gasteiger partial charge on any atom is -0.444 e. The number of hydrogen-bond donors (Lipinski definition) is 2. The van der Waals surface area contributed by atoms with Crippen molar-refractivity contribution in [3.05, 3.63) is 29.8 Å². The number of benzene rings is 1. The Balaban J connectivity index is 1.84. The van der Waals surface area contributed by atoms with Crippen LogP contribution in [0, 0.1) is 0 Å². The molecule has 5 nitrogen and oxygen atoms in total. The van der Waals surface area contributed by atoms with Gasteiger partial charge in [0.25, 0.3) is 0 Å². The van der Waals surface area contributed by atoms with Gasteiger partial charge in [0.2, 0.25) is 0 Å². The van der Waals surface area contributed by atoms with E-state index in [-0.39, 0.29) is 18.7 Å². The molecular formula is C15H22N2O3. The number of aliphatic hydroxyl groups excluding tert-OH is 1. The van der Waals surface area contributed by atoms with E-state index in [1.807, 2.05) is 45.0 Å². The highest BCUT2D eigenvalue weighted by molar-refractivity contribution is 5.70. The third-order valence-electron chi connectivity index (χ3n) is 3.08. The molecular weight excluding hydrogens is 256 g/mol. The Morgan fingerprint density at radius 1 is 1.40 bits per heavy atom. The second-order valence-electron chi connectivity index (χ2n) is 6.04. The van der Waals surface area contributed by atoms with Crippen LogP contribution in [0.4, 0.5) is 10.5 Å². The molecule has 0 aromatic heterocycles. The van der Waals surface area contributed by atoms with E-state index in [9.17, 15) is 9.90 Å². The molecule has 2 N–H and O–H groups in total. The third kappa shape index (κ3) is 3.63. The van der Waals surface area contributed by atoms with E-state index in [4.69, 9.17) is 4.74 Å². The number of aliphatic hydroxyl groups is 1. The van der Waals surface area contributed by atoms with Crippen molar-refractivity contribution in [3.63, 3.8) is 0 Å². The number of carbonyl (C=O) groups excluding carboxylic acids is 1. The van der Waals surface area contributed by atoms with Gasteiger partial charge in [-0.05, 0) is 26.8 Å². The summed E-state index contributed by atoms with van der Waals surface area (Å²) in [5.41, 5.74) is 1.33. The first kappa shape index (κ1) is 14.7. The van der Waals surface area contributed by atoms with Crippen molar-refractivity contribution in [2.45, 2.75) is 39.0 Å². The van der Waals surface area contributed by atoms with Crippen molar-refractivity contribution >= 4 is 11.8 Å². The molecule has 5 heteroatoms. The zero-order valence-corrected chi connectivity index (χ0v) is 12.2. The van der Waals surface area contributed by atoms with E-state index >= 15 is 0 Å². The molecule has 0 atom stereocenters. The molecule has 1 fully saturated rings. The highest BCUT2D eigenvalue weighted by Crippen LogP contribution is 2.21. The lowest BCUT2D eigenvalue weighted by Gasteiger charge is -2.40. The zero-order valence-electron chi connectivity index (χ0n) is 12.2. The van der Waals surface area contributed by atoms with Gasteiger partial charge in [0.15, 0.2) is 0 Å². The Morgan fingerprint density at radius 3 is 2.65 bits per heavy atom. The van der Waals surface area contributed by atoms with Crippen LogP contribution >= 0.6 is 0 Å². The first-order chi connectivity index (χ1) is 9.39. The monoisotopic (exact) mass is 278 g/mol. The smallest absolute Gasteiger partial charge is 0.410 e. The number of anilines is 1. The predicted octanol–water partition coefficient (Wildman–Crippen LogP) is 2.21. The van der Waals surface area contributed by atoms with Crippen molar-refractivity contribution in [1.82, 2.24) is 4.90 Å². The lowest BCUT2D eigenvalue weighted by atomic mass is 10.1. The van der Waals surface area contributed by atoms with Crippen LogP contribution in [0.2, 0.25) is 0 Å². The van der Waals surface area contributed by atoms with E-state index < -0.39 is 5.60 Å². The minimum absolute atomic E-state index is 0.00563. The summed E-state index contributed by atoms with van der Waals surface area (Å²) in [6.07, 6.45) is -0.272. The van der Waals surface area contributed by atoms with Crippen LogP contribution in [0.15, 0.2) is 24.3 Å². The third-order valence-corrected chi connectivity index (χ3v) is 3.08. The van der Waals surface area contributed by atoms with Gasteiger partial charge in [0, 0.05) is 24.3 Å². The number of ether oxygens (including phenoxy) is 1. The Bertz CT molecular complexity index is 476. The van der Waals surface area contributed by atoms with E-state index in [1.165, 1.54) is 0 Å². The number of carbonyl (C=O) groups is 1. The van der Waals surface area contributed by atoms with Gasteiger partial charge in [0.05, 0.1) is 12.6 Å². The van der Waals surface area contributed by atoms with E-state index in [1.54, 1.807) is 4.90 Å². The topological polar surface area (TPSA) is 61.8 Å². The predicted molar refractivity (Wildman–Crippen MR) is 77.6 cm³/mol. The summed E-state index contributed by atoms with van der Waals surface area (Å²) in [6.45, 7) is 6.82. The molecule has 1 aliphatic rings. The molecule has 0 spiro atoms. The van der Waals surface area contributed by atoms with Crippen LogP contribution in [0.25, 0.3) is 0 Å². The molecule has 0 saturated carbocycles. The Morgan fingerprint density at radius 2 is 2.05 bits per heavy atom. The minimum atomic E-state index is -0.459. The molecule has 1 saturated heterocycles. The van der Waals surface area contributed by atoms with Gasteiger partial charge in [-0.25, -0.2) is 4.79 Å². The molecule has 0 unspecified atom stereocenters. The van der Waals surface area contributed by atoms with Crippen LogP contribution in [-0.2, 0) is 11.3 Å². The summed E-state index contributed by atoms with van der Waals surface area (Å²) < 4.78 is 5.30. The molecule has 0 radical (unpaired) electrons. The molecule has 1 aromatic rings. The number of hydrogen-bond acceptors (Lipinski definition) is 4. The van der Waals surface area contributed by atoms with Gasteiger partial charge in [-0.3, -0.25) is 0 Å². The standard InChI is InChI=1S/C15H22N2O3/c1-15(2,3)20-14(19)17-8-12(9-17)16-13-7-5-4-6-11(13)10-18/h4-7,12,16,18H,8-10H2,1-3H3. The van der Waals surface area contributed by atoms with Crippen LogP contribution in [0.1, 0.15) is 26.3 Å². The van der Waals surface area contributed by atoms with Gasteiger partial charge in [-0.2, -0.15) is 0 Å². The van der Waals surface area contributed by atoms with Crippen molar-refractivity contribution in [1.29, 1.82) is 0 Å². The maximum absolute atomic E-state index is 11.8. The quantitative estimate of drug-likeness (QED) is 0.890. The molecule has 0 aliphatic carbocycles. The summed E-state index contributed by atoms with van der Waals surface area (Å²) in [4.78, 5) is 13.5. The number of likely N-dealkylation sites (tertiary alicyclic amines) is 1. The lowest BCUT2D eigenvalue weighted by molar-refractivity contribution is 0.0105. The van der Waals surface area contributed by atoms with E-state index in [2.05, 4.69) is 5.32 Å². The highest BCUT2D eigenvalue weighted by atomic mass is 16.6. The van der Waals surface area contributed by atoms with Crippen molar-refractivity contribution in [2.75, 3.05) is 18.4 Å².